The van der Waals surface area contributed by atoms with Crippen LogP contribution in [-0.4, -0.2) is 21.0 Å². The van der Waals surface area contributed by atoms with Crippen molar-refractivity contribution < 1.29 is 4.79 Å². The van der Waals surface area contributed by atoms with Gasteiger partial charge in [-0.25, -0.2) is 0 Å². The van der Waals surface area contributed by atoms with E-state index < -0.39 is 0 Å². The topological polar surface area (TPSA) is 45.8 Å². The Labute approximate surface area is 144 Å². The average Bonchev–Trinajstić information content (AvgIpc) is 3.05. The molecule has 4 aromatic rings. The highest BCUT2D eigenvalue weighted by atomic mass is 32.2. The number of aromatic nitrogens is 2. The van der Waals surface area contributed by atoms with Crippen molar-refractivity contribution >= 4 is 39.4 Å². The first-order valence-electron chi connectivity index (χ1n) is 7.85. The Morgan fingerprint density at radius 3 is 2.67 bits per heavy atom. The number of para-hydroxylation sites is 2. The first-order chi connectivity index (χ1) is 11.7. The second-order valence-electron chi connectivity index (χ2n) is 5.70. The van der Waals surface area contributed by atoms with Crippen LogP contribution in [0.15, 0.2) is 71.9 Å². The number of nitrogens with one attached hydrogen (secondary N) is 1. The summed E-state index contributed by atoms with van der Waals surface area (Å²) in [6.07, 6.45) is 3.61. The minimum atomic E-state index is -0.171. The summed E-state index contributed by atoms with van der Waals surface area (Å²) in [7, 11) is 0. The third-order valence-corrected chi connectivity index (χ3v) is 5.31. The Morgan fingerprint density at radius 1 is 1.04 bits per heavy atom. The number of rotatable bonds is 4. The molecule has 1 N–H and O–H groups in total. The molecule has 24 heavy (non-hydrogen) atoms. The second-order valence-corrected chi connectivity index (χ2v) is 7.08. The number of ketones is 1. The number of thioether (sulfide) groups is 1. The van der Waals surface area contributed by atoms with E-state index in [4.69, 9.17) is 0 Å². The molecule has 0 amide bonds. The number of Topliss-reactive ketones (excluding diaryl/α,β-unsaturated/α-hetero) is 1. The second kappa shape index (κ2) is 6.13. The molecule has 0 spiro atoms. The number of nitrogens with zero attached hydrogens (tertiary/aromatic N) is 1. The van der Waals surface area contributed by atoms with Gasteiger partial charge in [0, 0.05) is 39.1 Å². The van der Waals surface area contributed by atoms with Crippen molar-refractivity contribution in [3.8, 4) is 0 Å². The molecule has 3 nitrogen and oxygen atoms in total. The number of pyridine rings is 1. The SMILES string of the molecule is CC(Sc1ccnc2ccccc12)C(=O)c1c[nH]c2ccccc12. The molecule has 0 saturated heterocycles. The average molecular weight is 332 g/mol. The standard InChI is InChI=1S/C20H16N2OS/c1-13(20(23)16-12-22-17-8-4-2-6-14(16)17)24-19-10-11-21-18-9-5-3-7-15(18)19/h2-13,22H,1H3. The molecule has 0 saturated carbocycles. The number of carbonyl (C=O) groups is 1. The molecular formula is C20H16N2OS. The first-order valence-corrected chi connectivity index (χ1v) is 8.73. The number of H-pyrrole nitrogens is 1. The Bertz CT molecular complexity index is 1030. The number of fused-ring (bicyclic) bond motifs is 2. The van der Waals surface area contributed by atoms with E-state index in [-0.39, 0.29) is 11.0 Å². The van der Waals surface area contributed by atoms with Gasteiger partial charge in [-0.05, 0) is 25.1 Å². The van der Waals surface area contributed by atoms with Gasteiger partial charge in [-0.2, -0.15) is 0 Å². The van der Waals surface area contributed by atoms with E-state index in [1.54, 1.807) is 18.0 Å². The predicted molar refractivity (Wildman–Crippen MR) is 99.7 cm³/mol. The third kappa shape index (κ3) is 2.59. The molecule has 4 rings (SSSR count). The van der Waals surface area contributed by atoms with Crippen molar-refractivity contribution in [1.82, 2.24) is 9.97 Å². The molecular weight excluding hydrogens is 316 g/mol. The van der Waals surface area contributed by atoms with Crippen LogP contribution in [0.5, 0.6) is 0 Å². The van der Waals surface area contributed by atoms with Gasteiger partial charge in [0.15, 0.2) is 5.78 Å². The molecule has 2 aromatic heterocycles. The summed E-state index contributed by atoms with van der Waals surface area (Å²) in [5.74, 6) is 0.137. The summed E-state index contributed by atoms with van der Waals surface area (Å²) in [6.45, 7) is 1.96. The fourth-order valence-corrected chi connectivity index (χ4v) is 3.96. The number of benzene rings is 2. The summed E-state index contributed by atoms with van der Waals surface area (Å²) < 4.78 is 0. The van der Waals surface area contributed by atoms with Gasteiger partial charge in [-0.15, -0.1) is 11.8 Å². The number of hydrogen-bond donors (Lipinski definition) is 1. The zero-order chi connectivity index (χ0) is 16.5. The van der Waals surface area contributed by atoms with Gasteiger partial charge in [0.1, 0.15) is 0 Å². The molecule has 118 valence electrons. The van der Waals surface area contributed by atoms with Gasteiger partial charge in [-0.3, -0.25) is 9.78 Å². The smallest absolute Gasteiger partial charge is 0.178 e. The molecule has 0 radical (unpaired) electrons. The Kier molecular flexibility index (Phi) is 3.82. The summed E-state index contributed by atoms with van der Waals surface area (Å²) in [5, 5.41) is 1.90. The van der Waals surface area contributed by atoms with Crippen LogP contribution in [0.25, 0.3) is 21.8 Å². The van der Waals surface area contributed by atoms with Crippen LogP contribution in [0.1, 0.15) is 17.3 Å². The molecule has 0 bridgehead atoms. The van der Waals surface area contributed by atoms with Gasteiger partial charge >= 0.3 is 0 Å². The quantitative estimate of drug-likeness (QED) is 0.419. The molecule has 0 aliphatic rings. The van der Waals surface area contributed by atoms with E-state index in [2.05, 4.69) is 9.97 Å². The maximum Gasteiger partial charge on any atom is 0.178 e. The maximum absolute atomic E-state index is 12.9. The summed E-state index contributed by atoms with van der Waals surface area (Å²) >= 11 is 1.58. The molecule has 4 heteroatoms. The summed E-state index contributed by atoms with van der Waals surface area (Å²) in [6, 6.07) is 17.9. The van der Waals surface area contributed by atoms with Crippen molar-refractivity contribution in [2.24, 2.45) is 0 Å². The number of carbonyl (C=O) groups excluding carboxylic acids is 1. The van der Waals surface area contributed by atoms with Crippen molar-refractivity contribution in [3.63, 3.8) is 0 Å². The first kappa shape index (κ1) is 15.0. The van der Waals surface area contributed by atoms with Crippen LogP contribution >= 0.6 is 11.8 Å². The molecule has 0 aliphatic carbocycles. The van der Waals surface area contributed by atoms with Crippen molar-refractivity contribution in [2.75, 3.05) is 0 Å². The minimum absolute atomic E-state index is 0.137. The normalized spacial score (nSPS) is 12.5. The molecule has 1 atom stereocenters. The van der Waals surface area contributed by atoms with E-state index in [0.29, 0.717) is 0 Å². The molecule has 0 fully saturated rings. The fraction of sp³-hybridized carbons (Fsp3) is 0.100. The minimum Gasteiger partial charge on any atom is -0.360 e. The van der Waals surface area contributed by atoms with E-state index in [1.807, 2.05) is 67.7 Å². The van der Waals surface area contributed by atoms with Gasteiger partial charge in [0.2, 0.25) is 0 Å². The monoisotopic (exact) mass is 332 g/mol. The molecule has 0 aliphatic heterocycles. The Morgan fingerprint density at radius 2 is 1.79 bits per heavy atom. The van der Waals surface area contributed by atoms with E-state index in [9.17, 15) is 4.79 Å². The molecule has 2 heterocycles. The van der Waals surface area contributed by atoms with Crippen LogP contribution < -0.4 is 0 Å². The zero-order valence-corrected chi connectivity index (χ0v) is 14.0. The van der Waals surface area contributed by atoms with E-state index in [0.717, 1.165) is 32.3 Å². The van der Waals surface area contributed by atoms with Gasteiger partial charge in [0.25, 0.3) is 0 Å². The molecule has 1 unspecified atom stereocenters. The lowest BCUT2D eigenvalue weighted by atomic mass is 10.1. The molecule has 2 aromatic carbocycles. The van der Waals surface area contributed by atoms with Crippen molar-refractivity contribution in [3.05, 3.63) is 72.6 Å². The third-order valence-electron chi connectivity index (χ3n) is 4.14. The van der Waals surface area contributed by atoms with Crippen molar-refractivity contribution in [1.29, 1.82) is 0 Å². The van der Waals surface area contributed by atoms with Gasteiger partial charge in [-0.1, -0.05) is 36.4 Å². The lowest BCUT2D eigenvalue weighted by Crippen LogP contribution is -2.13. The van der Waals surface area contributed by atoms with E-state index >= 15 is 0 Å². The van der Waals surface area contributed by atoms with Crippen LogP contribution in [-0.2, 0) is 0 Å². The van der Waals surface area contributed by atoms with Crippen molar-refractivity contribution in [2.45, 2.75) is 17.1 Å². The van der Waals surface area contributed by atoms with Crippen LogP contribution in [0.2, 0.25) is 0 Å². The predicted octanol–water partition coefficient (Wildman–Crippen LogP) is 5.08. The van der Waals surface area contributed by atoms with Gasteiger partial charge < -0.3 is 4.98 Å². The highest BCUT2D eigenvalue weighted by molar-refractivity contribution is 8.00. The van der Waals surface area contributed by atoms with Crippen LogP contribution in [0.4, 0.5) is 0 Å². The van der Waals surface area contributed by atoms with Gasteiger partial charge in [0.05, 0.1) is 10.8 Å². The number of hydrogen-bond acceptors (Lipinski definition) is 3. The zero-order valence-electron chi connectivity index (χ0n) is 13.2. The number of aromatic amines is 1. The lowest BCUT2D eigenvalue weighted by molar-refractivity contribution is 0.0995. The summed E-state index contributed by atoms with van der Waals surface area (Å²) in [5.41, 5.74) is 2.70. The van der Waals surface area contributed by atoms with Crippen LogP contribution in [0, 0.1) is 0 Å². The highest BCUT2D eigenvalue weighted by Gasteiger charge is 2.20. The van der Waals surface area contributed by atoms with Crippen LogP contribution in [0.3, 0.4) is 0 Å². The Hall–Kier alpha value is -2.59. The maximum atomic E-state index is 12.9. The summed E-state index contributed by atoms with van der Waals surface area (Å²) in [4.78, 5) is 21.5. The van der Waals surface area contributed by atoms with E-state index in [1.165, 1.54) is 0 Å². The largest absolute Gasteiger partial charge is 0.360 e. The lowest BCUT2D eigenvalue weighted by Gasteiger charge is -2.11. The highest BCUT2D eigenvalue weighted by Crippen LogP contribution is 2.32. The fourth-order valence-electron chi connectivity index (χ4n) is 2.91. The Balaban J connectivity index is 1.66.